The summed E-state index contributed by atoms with van der Waals surface area (Å²) in [6, 6.07) is 16.4. The average molecular weight is 461 g/mol. The molecule has 0 aromatic heterocycles. The smallest absolute Gasteiger partial charge is 0.123 e. The molecule has 0 saturated carbocycles. The highest BCUT2D eigenvalue weighted by Gasteiger charge is 2.44. The molecule has 1 aliphatic rings. The monoisotopic (exact) mass is 460 g/mol. The molecule has 1 fully saturated rings. The van der Waals surface area contributed by atoms with Crippen molar-refractivity contribution in [3.8, 4) is 0 Å². The van der Waals surface area contributed by atoms with E-state index in [4.69, 9.17) is 4.74 Å². The highest BCUT2D eigenvalue weighted by atomic mass is 35.5. The summed E-state index contributed by atoms with van der Waals surface area (Å²) < 4.78 is 18.9. The van der Waals surface area contributed by atoms with Gasteiger partial charge in [0, 0.05) is 19.6 Å². The van der Waals surface area contributed by atoms with Gasteiger partial charge in [0.15, 0.2) is 0 Å². The van der Waals surface area contributed by atoms with Crippen molar-refractivity contribution >= 4 is 24.8 Å². The highest BCUT2D eigenvalue weighted by molar-refractivity contribution is 5.85. The third-order valence-corrected chi connectivity index (χ3v) is 5.33. The van der Waals surface area contributed by atoms with E-state index >= 15 is 0 Å². The van der Waals surface area contributed by atoms with Crippen LogP contribution in [-0.4, -0.2) is 66.2 Å². The Morgan fingerprint density at radius 1 is 1.00 bits per heavy atom. The first-order chi connectivity index (χ1) is 13.6. The minimum Gasteiger partial charge on any atom is -0.394 e. The van der Waals surface area contributed by atoms with Crippen molar-refractivity contribution in [1.82, 2.24) is 10.2 Å². The van der Waals surface area contributed by atoms with Crippen molar-refractivity contribution in [2.75, 3.05) is 26.7 Å². The molecule has 0 radical (unpaired) electrons. The Kier molecular flexibility index (Phi) is 11.8. The van der Waals surface area contributed by atoms with E-state index in [0.717, 1.165) is 18.5 Å². The first kappa shape index (κ1) is 26.8. The molecular formula is C22H31Cl2FN2O3. The third-order valence-electron chi connectivity index (χ3n) is 5.33. The van der Waals surface area contributed by atoms with Crippen LogP contribution < -0.4 is 5.32 Å². The molecule has 2 aromatic rings. The number of aliphatic hydroxyl groups is 2. The van der Waals surface area contributed by atoms with E-state index in [-0.39, 0.29) is 49.4 Å². The summed E-state index contributed by atoms with van der Waals surface area (Å²) in [6.45, 7) is 1.69. The van der Waals surface area contributed by atoms with Crippen LogP contribution in [0.25, 0.3) is 0 Å². The highest BCUT2D eigenvalue weighted by Crippen LogP contribution is 2.25. The summed E-state index contributed by atoms with van der Waals surface area (Å²) in [4.78, 5) is 2.11. The minimum absolute atomic E-state index is 0. The van der Waals surface area contributed by atoms with Gasteiger partial charge in [-0.2, -0.15) is 0 Å². The van der Waals surface area contributed by atoms with Crippen LogP contribution in [0.5, 0.6) is 0 Å². The van der Waals surface area contributed by atoms with Gasteiger partial charge in [0.2, 0.25) is 0 Å². The number of hydrogen-bond donors (Lipinski definition) is 3. The number of benzene rings is 2. The summed E-state index contributed by atoms with van der Waals surface area (Å²) in [5.74, 6) is -0.253. The van der Waals surface area contributed by atoms with Crippen molar-refractivity contribution in [3.05, 3.63) is 71.5 Å². The van der Waals surface area contributed by atoms with Crippen molar-refractivity contribution in [2.45, 2.75) is 37.3 Å². The molecule has 2 aromatic carbocycles. The largest absolute Gasteiger partial charge is 0.394 e. The zero-order chi connectivity index (χ0) is 19.9. The number of halogens is 3. The molecule has 0 unspecified atom stereocenters. The molecule has 0 amide bonds. The number of hydrogen-bond acceptors (Lipinski definition) is 5. The predicted octanol–water partition coefficient (Wildman–Crippen LogP) is 2.42. The summed E-state index contributed by atoms with van der Waals surface area (Å²) in [5, 5.41) is 23.5. The number of likely N-dealkylation sites (N-methyl/N-ethyl adjacent to an activating group) is 1. The van der Waals surface area contributed by atoms with Crippen LogP contribution in [-0.2, 0) is 17.7 Å². The molecule has 30 heavy (non-hydrogen) atoms. The molecule has 0 aliphatic carbocycles. The van der Waals surface area contributed by atoms with Crippen LogP contribution >= 0.6 is 24.8 Å². The number of nitrogens with one attached hydrogen (secondary N) is 1. The van der Waals surface area contributed by atoms with Gasteiger partial charge in [-0.1, -0.05) is 42.5 Å². The van der Waals surface area contributed by atoms with Crippen LogP contribution in [0.4, 0.5) is 4.39 Å². The van der Waals surface area contributed by atoms with Gasteiger partial charge < -0.3 is 20.3 Å². The fourth-order valence-corrected chi connectivity index (χ4v) is 3.75. The zero-order valence-electron chi connectivity index (χ0n) is 17.0. The van der Waals surface area contributed by atoms with E-state index in [1.807, 2.05) is 25.2 Å². The van der Waals surface area contributed by atoms with Crippen LogP contribution in [0.15, 0.2) is 54.6 Å². The zero-order valence-corrected chi connectivity index (χ0v) is 18.6. The van der Waals surface area contributed by atoms with Crippen molar-refractivity contribution in [3.63, 3.8) is 0 Å². The van der Waals surface area contributed by atoms with Gasteiger partial charge in [-0.3, -0.25) is 4.90 Å². The van der Waals surface area contributed by atoms with Gasteiger partial charge in [0.1, 0.15) is 18.0 Å². The van der Waals surface area contributed by atoms with Gasteiger partial charge in [-0.15, -0.1) is 24.8 Å². The third kappa shape index (κ3) is 7.17. The molecule has 4 atom stereocenters. The van der Waals surface area contributed by atoms with E-state index in [2.05, 4.69) is 22.3 Å². The average Bonchev–Trinajstić information content (AvgIpc) is 3.04. The Morgan fingerprint density at radius 3 is 2.30 bits per heavy atom. The molecule has 5 nitrogen and oxygen atoms in total. The first-order valence-corrected chi connectivity index (χ1v) is 9.72. The van der Waals surface area contributed by atoms with Crippen LogP contribution in [0.2, 0.25) is 0 Å². The molecule has 1 aliphatic heterocycles. The lowest BCUT2D eigenvalue weighted by atomic mass is 10.0. The molecule has 0 bridgehead atoms. The number of nitrogens with zero attached hydrogens (tertiary/aromatic N) is 1. The first-order valence-electron chi connectivity index (χ1n) is 9.72. The normalized spacial score (nSPS) is 23.1. The van der Waals surface area contributed by atoms with Crippen LogP contribution in [0.1, 0.15) is 11.1 Å². The fourth-order valence-electron chi connectivity index (χ4n) is 3.75. The van der Waals surface area contributed by atoms with E-state index in [0.29, 0.717) is 13.1 Å². The lowest BCUT2D eigenvalue weighted by Crippen LogP contribution is -2.49. The maximum absolute atomic E-state index is 13.0. The molecule has 1 heterocycles. The van der Waals surface area contributed by atoms with Crippen LogP contribution in [0.3, 0.4) is 0 Å². The minimum atomic E-state index is -0.747. The number of ether oxygens (including phenoxy) is 1. The Labute approximate surface area is 190 Å². The Hall–Kier alpha value is -1.25. The summed E-state index contributed by atoms with van der Waals surface area (Å²) in [6.07, 6.45) is -0.696. The molecular weight excluding hydrogens is 430 g/mol. The summed E-state index contributed by atoms with van der Waals surface area (Å²) >= 11 is 0. The predicted molar refractivity (Wildman–Crippen MR) is 121 cm³/mol. The lowest BCUT2D eigenvalue weighted by molar-refractivity contribution is -0.0213. The SMILES string of the molecule is CN(CCc1ccccc1)[C@@H]1[C@H](O)[C@H](CO)O[C@@H]1CNCc1ccc(F)cc1.Cl.Cl. The lowest BCUT2D eigenvalue weighted by Gasteiger charge is -2.30. The van der Waals surface area contributed by atoms with E-state index in [9.17, 15) is 14.6 Å². The fraction of sp³-hybridized carbons (Fsp3) is 0.455. The quantitative estimate of drug-likeness (QED) is 0.536. The van der Waals surface area contributed by atoms with Crippen LogP contribution in [0, 0.1) is 5.82 Å². The van der Waals surface area contributed by atoms with Gasteiger partial charge in [-0.05, 0) is 36.7 Å². The van der Waals surface area contributed by atoms with Crippen molar-refractivity contribution in [1.29, 1.82) is 0 Å². The van der Waals surface area contributed by atoms with E-state index < -0.39 is 12.2 Å². The molecule has 3 rings (SSSR count). The van der Waals surface area contributed by atoms with Crippen molar-refractivity contribution < 1.29 is 19.3 Å². The van der Waals surface area contributed by atoms with Crippen molar-refractivity contribution in [2.24, 2.45) is 0 Å². The molecule has 1 saturated heterocycles. The van der Waals surface area contributed by atoms with Gasteiger partial charge in [-0.25, -0.2) is 4.39 Å². The van der Waals surface area contributed by atoms with Gasteiger partial charge in [0.05, 0.1) is 18.8 Å². The molecule has 3 N–H and O–H groups in total. The second kappa shape index (κ2) is 13.2. The Morgan fingerprint density at radius 2 is 1.67 bits per heavy atom. The number of rotatable bonds is 9. The second-order valence-corrected chi connectivity index (χ2v) is 7.35. The topological polar surface area (TPSA) is 65.0 Å². The Bertz CT molecular complexity index is 724. The maximum atomic E-state index is 13.0. The number of aliphatic hydroxyl groups excluding tert-OH is 2. The van der Waals surface area contributed by atoms with Gasteiger partial charge in [0.25, 0.3) is 0 Å². The van der Waals surface area contributed by atoms with Gasteiger partial charge >= 0.3 is 0 Å². The second-order valence-electron chi connectivity index (χ2n) is 7.35. The summed E-state index contributed by atoms with van der Waals surface area (Å²) in [5.41, 5.74) is 2.22. The van der Waals surface area contributed by atoms with E-state index in [1.165, 1.54) is 17.7 Å². The maximum Gasteiger partial charge on any atom is 0.123 e. The Balaban J connectivity index is 0.00000225. The van der Waals surface area contributed by atoms with E-state index in [1.54, 1.807) is 12.1 Å². The molecule has 0 spiro atoms. The summed E-state index contributed by atoms with van der Waals surface area (Å²) in [7, 11) is 1.98. The molecule has 168 valence electrons. The standard InChI is InChI=1S/C22H29FN2O3.2ClH/c1-25(12-11-16-5-3-2-4-6-16)21-19(28-20(15-26)22(21)27)14-24-13-17-7-9-18(23)10-8-17;;/h2-10,19-22,24,26-27H,11-15H2,1H3;2*1H/t19-,20+,21+,22-;;/m1../s1. The molecule has 8 heteroatoms.